The molecule has 0 radical (unpaired) electrons. The lowest BCUT2D eigenvalue weighted by molar-refractivity contribution is 0.290. The molecule has 0 amide bonds. The van der Waals surface area contributed by atoms with Gasteiger partial charge in [-0.05, 0) is 6.42 Å². The van der Waals surface area contributed by atoms with Crippen LogP contribution in [0.3, 0.4) is 0 Å². The first-order valence-electron chi connectivity index (χ1n) is 2.97. The van der Waals surface area contributed by atoms with E-state index in [0.717, 1.165) is 13.0 Å². The van der Waals surface area contributed by atoms with E-state index in [1.165, 1.54) is 0 Å². The van der Waals surface area contributed by atoms with Crippen LogP contribution in [0.1, 0.15) is 13.3 Å². The molecule has 0 heterocycles. The van der Waals surface area contributed by atoms with Gasteiger partial charge in [0.1, 0.15) is 0 Å². The zero-order valence-electron chi connectivity index (χ0n) is 5.84. The highest BCUT2D eigenvalue weighted by Gasteiger charge is 1.93. The van der Waals surface area contributed by atoms with Gasteiger partial charge in [0.05, 0.1) is 0 Å². The summed E-state index contributed by atoms with van der Waals surface area (Å²) in [6.45, 7) is 4.26. The smallest absolute Gasteiger partial charge is 0.0467 e. The quantitative estimate of drug-likeness (QED) is 0.557. The molecule has 0 aromatic carbocycles. The van der Waals surface area contributed by atoms with E-state index in [0.29, 0.717) is 13.3 Å². The summed E-state index contributed by atoms with van der Waals surface area (Å²) in [5.74, 6) is 0. The van der Waals surface area contributed by atoms with E-state index in [1.54, 1.807) is 0 Å². The second kappa shape index (κ2) is 8.17. The topological polar surface area (TPSA) is 55.3 Å². The molecule has 0 aromatic rings. The Bertz CT molecular complexity index is 47.5. The van der Waals surface area contributed by atoms with Crippen LogP contribution in [-0.2, 0) is 0 Å². The Morgan fingerprint density at radius 2 is 1.67 bits per heavy atom. The fourth-order valence-corrected chi connectivity index (χ4v) is 0.573. The average Bonchev–Trinajstić information content (AvgIpc) is 1.83. The molecule has 0 bridgehead atoms. The summed E-state index contributed by atoms with van der Waals surface area (Å²) in [4.78, 5) is 1.99. The molecule has 0 atom stereocenters. The second-order valence-corrected chi connectivity index (χ2v) is 1.76. The molecule has 0 unspecified atom stereocenters. The van der Waals surface area contributed by atoms with E-state index in [2.05, 4.69) is 6.92 Å². The average molecular weight is 154 g/mol. The molecular weight excluding hydrogens is 138 g/mol. The van der Waals surface area contributed by atoms with Crippen molar-refractivity contribution < 1.29 is 0 Å². The second-order valence-electron chi connectivity index (χ2n) is 1.76. The van der Waals surface area contributed by atoms with Crippen LogP contribution in [0.25, 0.3) is 0 Å². The number of nitrogens with zero attached hydrogens (tertiary/aromatic N) is 1. The Morgan fingerprint density at radius 1 is 1.22 bits per heavy atom. The highest BCUT2D eigenvalue weighted by Crippen LogP contribution is 1.82. The Labute approximate surface area is 62.8 Å². The van der Waals surface area contributed by atoms with E-state index >= 15 is 0 Å². The van der Waals surface area contributed by atoms with E-state index in [-0.39, 0.29) is 12.4 Å². The first-order chi connectivity index (χ1) is 3.85. The number of hydrogen-bond donors (Lipinski definition) is 2. The Kier molecular flexibility index (Phi) is 10.8. The standard InChI is InChI=1S/C5H15N3.ClH/c1-2-3-8(4-6)5-7;/h2-7H2,1H3;1H. The number of nitrogens with two attached hydrogens (primary N) is 2. The maximum absolute atomic E-state index is 5.32. The fraction of sp³-hybridized carbons (Fsp3) is 1.00. The molecule has 0 rings (SSSR count). The maximum atomic E-state index is 5.32. The van der Waals surface area contributed by atoms with Gasteiger partial charge in [0.2, 0.25) is 0 Å². The molecule has 0 aliphatic rings. The molecule has 0 aliphatic carbocycles. The third-order valence-electron chi connectivity index (χ3n) is 1.06. The predicted octanol–water partition coefficient (Wildman–Crippen LogP) is -0.0474. The van der Waals surface area contributed by atoms with Crippen LogP contribution < -0.4 is 11.5 Å². The van der Waals surface area contributed by atoms with Crippen molar-refractivity contribution in [1.82, 2.24) is 4.90 Å². The van der Waals surface area contributed by atoms with Crippen LogP contribution >= 0.6 is 12.4 Å². The lowest BCUT2D eigenvalue weighted by Gasteiger charge is -2.15. The first kappa shape index (κ1) is 11.9. The molecule has 0 aliphatic heterocycles. The summed E-state index contributed by atoms with van der Waals surface area (Å²) in [6.07, 6.45) is 1.12. The molecular formula is C5H16ClN3. The molecule has 0 saturated heterocycles. The minimum atomic E-state index is 0. The molecule has 0 saturated carbocycles. The third kappa shape index (κ3) is 6.05. The molecule has 4 heteroatoms. The summed E-state index contributed by atoms with van der Waals surface area (Å²) in [5, 5.41) is 0. The minimum Gasteiger partial charge on any atom is -0.318 e. The summed E-state index contributed by atoms with van der Waals surface area (Å²) in [6, 6.07) is 0. The molecule has 58 valence electrons. The van der Waals surface area contributed by atoms with Crippen molar-refractivity contribution in [1.29, 1.82) is 0 Å². The molecule has 0 fully saturated rings. The van der Waals surface area contributed by atoms with Crippen LogP contribution in [0.15, 0.2) is 0 Å². The normalized spacial score (nSPS) is 9.33. The van der Waals surface area contributed by atoms with E-state index in [1.807, 2.05) is 4.90 Å². The lowest BCUT2D eigenvalue weighted by atomic mass is 10.4. The van der Waals surface area contributed by atoms with Crippen LogP contribution in [0.5, 0.6) is 0 Å². The third-order valence-corrected chi connectivity index (χ3v) is 1.06. The maximum Gasteiger partial charge on any atom is 0.0467 e. The number of hydrogen-bond acceptors (Lipinski definition) is 3. The molecule has 0 aromatic heterocycles. The SMILES string of the molecule is CCCN(CN)CN.Cl. The summed E-state index contributed by atoms with van der Waals surface area (Å²) in [7, 11) is 0. The largest absolute Gasteiger partial charge is 0.318 e. The molecule has 3 nitrogen and oxygen atoms in total. The van der Waals surface area contributed by atoms with Crippen molar-refractivity contribution in [2.24, 2.45) is 11.5 Å². The highest BCUT2D eigenvalue weighted by atomic mass is 35.5. The lowest BCUT2D eigenvalue weighted by Crippen LogP contribution is -2.35. The van der Waals surface area contributed by atoms with Gasteiger partial charge in [-0.3, -0.25) is 4.90 Å². The Balaban J connectivity index is 0. The molecule has 9 heavy (non-hydrogen) atoms. The van der Waals surface area contributed by atoms with Crippen molar-refractivity contribution >= 4 is 12.4 Å². The van der Waals surface area contributed by atoms with Crippen LogP contribution in [-0.4, -0.2) is 24.8 Å². The zero-order chi connectivity index (χ0) is 6.41. The Hall–Kier alpha value is 0.170. The van der Waals surface area contributed by atoms with Crippen molar-refractivity contribution in [3.63, 3.8) is 0 Å². The monoisotopic (exact) mass is 153 g/mol. The van der Waals surface area contributed by atoms with Gasteiger partial charge < -0.3 is 11.5 Å². The van der Waals surface area contributed by atoms with Crippen molar-refractivity contribution in [2.75, 3.05) is 19.9 Å². The van der Waals surface area contributed by atoms with Crippen LogP contribution in [0, 0.1) is 0 Å². The van der Waals surface area contributed by atoms with Gasteiger partial charge in [0, 0.05) is 19.9 Å². The van der Waals surface area contributed by atoms with E-state index in [4.69, 9.17) is 11.5 Å². The van der Waals surface area contributed by atoms with E-state index in [9.17, 15) is 0 Å². The Morgan fingerprint density at radius 3 is 1.78 bits per heavy atom. The van der Waals surface area contributed by atoms with Crippen LogP contribution in [0.4, 0.5) is 0 Å². The van der Waals surface area contributed by atoms with Gasteiger partial charge in [-0.1, -0.05) is 6.92 Å². The van der Waals surface area contributed by atoms with Crippen molar-refractivity contribution in [3.05, 3.63) is 0 Å². The summed E-state index contributed by atoms with van der Waals surface area (Å²) < 4.78 is 0. The van der Waals surface area contributed by atoms with Gasteiger partial charge in [0.15, 0.2) is 0 Å². The van der Waals surface area contributed by atoms with Crippen molar-refractivity contribution in [2.45, 2.75) is 13.3 Å². The highest BCUT2D eigenvalue weighted by molar-refractivity contribution is 5.85. The van der Waals surface area contributed by atoms with Gasteiger partial charge in [0.25, 0.3) is 0 Å². The van der Waals surface area contributed by atoms with Crippen LogP contribution in [0.2, 0.25) is 0 Å². The zero-order valence-corrected chi connectivity index (χ0v) is 6.66. The van der Waals surface area contributed by atoms with Gasteiger partial charge in [-0.15, -0.1) is 12.4 Å². The number of halogens is 1. The van der Waals surface area contributed by atoms with E-state index < -0.39 is 0 Å². The first-order valence-corrected chi connectivity index (χ1v) is 2.97. The summed E-state index contributed by atoms with van der Waals surface area (Å²) >= 11 is 0. The fourth-order valence-electron chi connectivity index (χ4n) is 0.573. The van der Waals surface area contributed by atoms with Gasteiger partial charge >= 0.3 is 0 Å². The van der Waals surface area contributed by atoms with Crippen molar-refractivity contribution in [3.8, 4) is 0 Å². The minimum absolute atomic E-state index is 0. The summed E-state index contributed by atoms with van der Waals surface area (Å²) in [5.41, 5.74) is 10.6. The molecule has 0 spiro atoms. The van der Waals surface area contributed by atoms with Gasteiger partial charge in [-0.2, -0.15) is 0 Å². The predicted molar refractivity (Wildman–Crippen MR) is 42.4 cm³/mol. The molecule has 4 N–H and O–H groups in total. The van der Waals surface area contributed by atoms with Gasteiger partial charge in [-0.25, -0.2) is 0 Å². The number of rotatable bonds is 4.